The van der Waals surface area contributed by atoms with Gasteiger partial charge >= 0.3 is 5.69 Å². The number of hydrogen-bond acceptors (Lipinski definition) is 2. The van der Waals surface area contributed by atoms with E-state index in [1.54, 1.807) is 16.2 Å². The molecule has 1 aromatic heterocycles. The van der Waals surface area contributed by atoms with E-state index in [2.05, 4.69) is 5.32 Å². The largest absolute Gasteiger partial charge is 0.327 e. The number of imidazole rings is 1. The van der Waals surface area contributed by atoms with Crippen molar-refractivity contribution in [3.63, 3.8) is 0 Å². The van der Waals surface area contributed by atoms with E-state index in [-0.39, 0.29) is 5.69 Å². The Morgan fingerprint density at radius 2 is 2.06 bits per heavy atom. The van der Waals surface area contributed by atoms with Gasteiger partial charge in [0.25, 0.3) is 0 Å². The van der Waals surface area contributed by atoms with Crippen molar-refractivity contribution in [3.05, 3.63) is 22.9 Å². The quantitative estimate of drug-likeness (QED) is 0.788. The number of aromatic nitrogens is 2. The van der Waals surface area contributed by atoms with E-state index < -0.39 is 0 Å². The molecule has 17 heavy (non-hydrogen) atoms. The van der Waals surface area contributed by atoms with Crippen LogP contribution in [-0.4, -0.2) is 21.7 Å². The van der Waals surface area contributed by atoms with Crippen LogP contribution in [0.3, 0.4) is 0 Å². The number of nitrogens with zero attached hydrogens (tertiary/aromatic N) is 2. The van der Waals surface area contributed by atoms with Crippen LogP contribution in [0.15, 0.2) is 17.2 Å². The number of hydrogen-bond donors (Lipinski definition) is 1. The smallest absolute Gasteiger partial charge is 0.314 e. The maximum absolute atomic E-state index is 11.6. The lowest BCUT2D eigenvalue weighted by Crippen LogP contribution is -2.32. The van der Waals surface area contributed by atoms with Gasteiger partial charge in [0.15, 0.2) is 0 Å². The minimum atomic E-state index is 0.0858. The molecule has 0 saturated heterocycles. The summed E-state index contributed by atoms with van der Waals surface area (Å²) in [5.74, 6) is 0. The van der Waals surface area contributed by atoms with Crippen LogP contribution in [0.5, 0.6) is 0 Å². The number of aryl methyl sites for hydroxylation is 2. The third-order valence-corrected chi connectivity index (χ3v) is 3.63. The normalized spacial score (nSPS) is 17.5. The number of rotatable bonds is 5. The van der Waals surface area contributed by atoms with Crippen molar-refractivity contribution in [2.24, 2.45) is 7.05 Å². The lowest BCUT2D eigenvalue weighted by Gasteiger charge is -2.22. The van der Waals surface area contributed by atoms with Crippen LogP contribution in [0.4, 0.5) is 0 Å². The van der Waals surface area contributed by atoms with Gasteiger partial charge in [-0.15, -0.1) is 0 Å². The summed E-state index contributed by atoms with van der Waals surface area (Å²) in [6, 6.07) is 0.719. The van der Waals surface area contributed by atoms with Crippen LogP contribution in [-0.2, 0) is 13.6 Å². The summed E-state index contributed by atoms with van der Waals surface area (Å²) in [5.41, 5.74) is 0.0858. The number of nitrogens with one attached hydrogen (secondary N) is 1. The Morgan fingerprint density at radius 3 is 2.71 bits per heavy atom. The standard InChI is InChI=1S/C13H23N3O/c1-15-10-11-16(13(15)17)9-5-8-14-12-6-3-2-4-7-12/h10-12,14H,2-9H2,1H3. The summed E-state index contributed by atoms with van der Waals surface area (Å²) in [7, 11) is 1.79. The molecule has 1 N–H and O–H groups in total. The van der Waals surface area contributed by atoms with E-state index >= 15 is 0 Å². The first-order valence-corrected chi connectivity index (χ1v) is 6.72. The molecule has 0 bridgehead atoms. The topological polar surface area (TPSA) is 39.0 Å². The molecule has 1 heterocycles. The first kappa shape index (κ1) is 12.4. The van der Waals surface area contributed by atoms with Crippen molar-refractivity contribution >= 4 is 0 Å². The third kappa shape index (κ3) is 3.46. The van der Waals surface area contributed by atoms with Gasteiger partial charge < -0.3 is 9.88 Å². The summed E-state index contributed by atoms with van der Waals surface area (Å²) >= 11 is 0. The van der Waals surface area contributed by atoms with Gasteiger partial charge in [0.1, 0.15) is 0 Å². The van der Waals surface area contributed by atoms with Crippen molar-refractivity contribution in [1.29, 1.82) is 0 Å². The molecule has 0 aromatic carbocycles. The lowest BCUT2D eigenvalue weighted by atomic mass is 9.95. The van der Waals surface area contributed by atoms with Gasteiger partial charge in [-0.3, -0.25) is 4.57 Å². The van der Waals surface area contributed by atoms with Crippen LogP contribution >= 0.6 is 0 Å². The average molecular weight is 237 g/mol. The SMILES string of the molecule is Cn1ccn(CCCNC2CCCCC2)c1=O. The van der Waals surface area contributed by atoms with Crippen molar-refractivity contribution in [2.75, 3.05) is 6.54 Å². The van der Waals surface area contributed by atoms with E-state index in [0.29, 0.717) is 0 Å². The molecule has 1 aliphatic carbocycles. The Kier molecular flexibility index (Phi) is 4.42. The summed E-state index contributed by atoms with van der Waals surface area (Å²) in [6.07, 6.45) is 11.5. The van der Waals surface area contributed by atoms with Gasteiger partial charge in [0.2, 0.25) is 0 Å². The molecule has 0 atom stereocenters. The Balaban J connectivity index is 1.66. The minimum absolute atomic E-state index is 0.0858. The second-order valence-corrected chi connectivity index (χ2v) is 5.03. The Bertz CT molecular complexity index is 388. The van der Waals surface area contributed by atoms with Gasteiger partial charge in [-0.1, -0.05) is 19.3 Å². The lowest BCUT2D eigenvalue weighted by molar-refractivity contribution is 0.368. The monoisotopic (exact) mass is 237 g/mol. The molecule has 1 fully saturated rings. The second-order valence-electron chi connectivity index (χ2n) is 5.03. The zero-order chi connectivity index (χ0) is 12.1. The second kappa shape index (κ2) is 6.05. The first-order chi connectivity index (χ1) is 8.27. The summed E-state index contributed by atoms with van der Waals surface area (Å²) in [4.78, 5) is 11.6. The molecular formula is C13H23N3O. The summed E-state index contributed by atoms with van der Waals surface area (Å²) in [5, 5.41) is 3.60. The van der Waals surface area contributed by atoms with E-state index in [9.17, 15) is 4.79 Å². The highest BCUT2D eigenvalue weighted by atomic mass is 16.1. The molecule has 0 aliphatic heterocycles. The zero-order valence-corrected chi connectivity index (χ0v) is 10.7. The Morgan fingerprint density at radius 1 is 1.29 bits per heavy atom. The van der Waals surface area contributed by atoms with E-state index in [1.165, 1.54) is 32.1 Å². The molecule has 96 valence electrons. The van der Waals surface area contributed by atoms with E-state index in [4.69, 9.17) is 0 Å². The zero-order valence-electron chi connectivity index (χ0n) is 10.7. The van der Waals surface area contributed by atoms with Crippen LogP contribution < -0.4 is 11.0 Å². The van der Waals surface area contributed by atoms with Gasteiger partial charge in [-0.05, 0) is 25.8 Å². The highest BCUT2D eigenvalue weighted by Crippen LogP contribution is 2.17. The van der Waals surface area contributed by atoms with Crippen LogP contribution in [0.2, 0.25) is 0 Å². The molecule has 0 spiro atoms. The van der Waals surface area contributed by atoms with Gasteiger partial charge in [0.05, 0.1) is 0 Å². The van der Waals surface area contributed by atoms with Crippen LogP contribution in [0, 0.1) is 0 Å². The molecule has 1 aliphatic rings. The van der Waals surface area contributed by atoms with Gasteiger partial charge in [0, 0.05) is 32.0 Å². The molecule has 0 radical (unpaired) electrons. The van der Waals surface area contributed by atoms with Crippen molar-refractivity contribution in [2.45, 2.75) is 51.1 Å². The maximum Gasteiger partial charge on any atom is 0.327 e. The van der Waals surface area contributed by atoms with Crippen LogP contribution in [0.25, 0.3) is 0 Å². The summed E-state index contributed by atoms with van der Waals surface area (Å²) in [6.45, 7) is 1.84. The fourth-order valence-corrected chi connectivity index (χ4v) is 2.54. The fraction of sp³-hybridized carbons (Fsp3) is 0.769. The Hall–Kier alpha value is -1.03. The predicted molar refractivity (Wildman–Crippen MR) is 69.2 cm³/mol. The van der Waals surface area contributed by atoms with Crippen molar-refractivity contribution in [3.8, 4) is 0 Å². The molecule has 1 aromatic rings. The minimum Gasteiger partial charge on any atom is -0.314 e. The molecular weight excluding hydrogens is 214 g/mol. The highest BCUT2D eigenvalue weighted by molar-refractivity contribution is 4.79. The van der Waals surface area contributed by atoms with E-state index in [1.807, 2.05) is 12.4 Å². The highest BCUT2D eigenvalue weighted by Gasteiger charge is 2.11. The van der Waals surface area contributed by atoms with Gasteiger partial charge in [-0.25, -0.2) is 4.79 Å². The average Bonchev–Trinajstić information content (AvgIpc) is 2.67. The molecule has 1 saturated carbocycles. The molecule has 0 amide bonds. The summed E-state index contributed by atoms with van der Waals surface area (Å²) < 4.78 is 3.40. The predicted octanol–water partition coefficient (Wildman–Crippen LogP) is 1.50. The van der Waals surface area contributed by atoms with Crippen molar-refractivity contribution in [1.82, 2.24) is 14.5 Å². The molecule has 2 rings (SSSR count). The molecule has 0 unspecified atom stereocenters. The fourth-order valence-electron chi connectivity index (χ4n) is 2.54. The van der Waals surface area contributed by atoms with E-state index in [0.717, 1.165) is 25.6 Å². The third-order valence-electron chi connectivity index (χ3n) is 3.63. The van der Waals surface area contributed by atoms with Gasteiger partial charge in [-0.2, -0.15) is 0 Å². The Labute approximate surface area is 103 Å². The molecule has 4 nitrogen and oxygen atoms in total. The van der Waals surface area contributed by atoms with Crippen molar-refractivity contribution < 1.29 is 0 Å². The maximum atomic E-state index is 11.6. The first-order valence-electron chi connectivity index (χ1n) is 6.72. The van der Waals surface area contributed by atoms with Crippen LogP contribution in [0.1, 0.15) is 38.5 Å². The molecule has 4 heteroatoms.